The van der Waals surface area contributed by atoms with Crippen molar-refractivity contribution in [1.82, 2.24) is 5.43 Å². The molecule has 2 aromatic carbocycles. The van der Waals surface area contributed by atoms with Crippen molar-refractivity contribution in [2.45, 2.75) is 0 Å². The first-order valence-corrected chi connectivity index (χ1v) is 8.32. The first kappa shape index (κ1) is 16.6. The van der Waals surface area contributed by atoms with Gasteiger partial charge in [-0.2, -0.15) is 5.10 Å². The van der Waals surface area contributed by atoms with Gasteiger partial charge >= 0.3 is 0 Å². The van der Waals surface area contributed by atoms with Crippen molar-refractivity contribution >= 4 is 34.7 Å². The molecule has 1 N–H and O–H groups in total. The normalized spacial score (nSPS) is 12.9. The summed E-state index contributed by atoms with van der Waals surface area (Å²) >= 11 is 2.18. The van der Waals surface area contributed by atoms with Gasteiger partial charge in [-0.25, -0.2) is 5.43 Å². The molecule has 0 unspecified atom stereocenters. The topological polar surface area (TPSA) is 69.2 Å². The predicted octanol–water partition coefficient (Wildman–Crippen LogP) is 2.83. The van der Waals surface area contributed by atoms with E-state index in [0.29, 0.717) is 30.3 Å². The number of hydrazone groups is 1. The van der Waals surface area contributed by atoms with Crippen LogP contribution in [0.1, 0.15) is 15.9 Å². The van der Waals surface area contributed by atoms with Crippen LogP contribution in [0.3, 0.4) is 0 Å². The van der Waals surface area contributed by atoms with E-state index in [1.165, 1.54) is 0 Å². The maximum atomic E-state index is 12.1. The Labute approximate surface area is 152 Å². The molecular weight excluding hydrogens is 423 g/mol. The average molecular weight is 438 g/mol. The number of halogens is 1. The van der Waals surface area contributed by atoms with Crippen molar-refractivity contribution in [3.05, 3.63) is 51.1 Å². The fraction of sp³-hybridized carbons (Fsp3) is 0.176. The molecule has 0 radical (unpaired) electrons. The van der Waals surface area contributed by atoms with Crippen LogP contribution in [-0.2, 0) is 0 Å². The second kappa shape index (κ2) is 7.52. The molecule has 6 nitrogen and oxygen atoms in total. The van der Waals surface area contributed by atoms with Gasteiger partial charge in [-0.15, -0.1) is 0 Å². The first-order valence-electron chi connectivity index (χ1n) is 7.24. The van der Waals surface area contributed by atoms with Crippen molar-refractivity contribution in [3.63, 3.8) is 0 Å². The number of carbonyl (C=O) groups excluding carboxylic acids is 1. The fourth-order valence-electron chi connectivity index (χ4n) is 2.18. The third-order valence-corrected chi connectivity index (χ3v) is 4.20. The number of nitrogens with one attached hydrogen (secondary N) is 1. The predicted molar refractivity (Wildman–Crippen MR) is 98.2 cm³/mol. The molecule has 24 heavy (non-hydrogen) atoms. The minimum atomic E-state index is -0.313. The van der Waals surface area contributed by atoms with Gasteiger partial charge in [-0.1, -0.05) is 0 Å². The molecule has 1 heterocycles. The molecule has 0 fully saturated rings. The van der Waals surface area contributed by atoms with Crippen LogP contribution in [0.4, 0.5) is 0 Å². The Kier molecular flexibility index (Phi) is 5.19. The van der Waals surface area contributed by atoms with Crippen molar-refractivity contribution < 1.29 is 19.0 Å². The van der Waals surface area contributed by atoms with Crippen molar-refractivity contribution in [1.29, 1.82) is 0 Å². The first-order chi connectivity index (χ1) is 11.7. The minimum Gasteiger partial charge on any atom is -0.496 e. The number of rotatable bonds is 4. The van der Waals surface area contributed by atoms with Crippen LogP contribution >= 0.6 is 22.6 Å². The molecule has 0 atom stereocenters. The quantitative estimate of drug-likeness (QED) is 0.453. The van der Waals surface area contributed by atoms with Crippen molar-refractivity contribution in [3.8, 4) is 17.2 Å². The van der Waals surface area contributed by atoms with Crippen LogP contribution in [0.5, 0.6) is 17.2 Å². The monoisotopic (exact) mass is 438 g/mol. The summed E-state index contributed by atoms with van der Waals surface area (Å²) in [5.74, 6) is 1.70. The fourth-order valence-corrected chi connectivity index (χ4v) is 2.94. The standard InChI is InChI=1S/C17H15IN2O4/c1-22-14-4-2-11(8-13(14)18)10-19-20-17(21)12-3-5-15-16(9-12)24-7-6-23-15/h2-5,8-10H,6-7H2,1H3,(H,20,21)/b19-10+. The van der Waals surface area contributed by atoms with Crippen LogP contribution in [0.25, 0.3) is 0 Å². The number of hydrogen-bond acceptors (Lipinski definition) is 5. The molecular formula is C17H15IN2O4. The summed E-state index contributed by atoms with van der Waals surface area (Å²) in [5, 5.41) is 3.99. The molecule has 0 saturated heterocycles. The molecule has 0 aliphatic carbocycles. The van der Waals surface area contributed by atoms with Crippen molar-refractivity contribution in [2.75, 3.05) is 20.3 Å². The van der Waals surface area contributed by atoms with E-state index in [4.69, 9.17) is 14.2 Å². The Morgan fingerprint density at radius 3 is 2.75 bits per heavy atom. The lowest BCUT2D eigenvalue weighted by Crippen LogP contribution is -2.19. The molecule has 124 valence electrons. The minimum absolute atomic E-state index is 0.313. The highest BCUT2D eigenvalue weighted by Gasteiger charge is 2.14. The van der Waals surface area contributed by atoms with E-state index < -0.39 is 0 Å². The Balaban J connectivity index is 1.66. The van der Waals surface area contributed by atoms with E-state index in [-0.39, 0.29) is 5.91 Å². The second-order valence-electron chi connectivity index (χ2n) is 4.95. The van der Waals surface area contributed by atoms with E-state index in [1.807, 2.05) is 18.2 Å². The van der Waals surface area contributed by atoms with Gasteiger partial charge in [0.2, 0.25) is 0 Å². The number of carbonyl (C=O) groups is 1. The summed E-state index contributed by atoms with van der Waals surface area (Å²) in [5.41, 5.74) is 3.83. The lowest BCUT2D eigenvalue weighted by atomic mass is 10.2. The van der Waals surface area contributed by atoms with Gasteiger partial charge in [-0.05, 0) is 64.6 Å². The van der Waals surface area contributed by atoms with Gasteiger partial charge in [0.1, 0.15) is 19.0 Å². The summed E-state index contributed by atoms with van der Waals surface area (Å²) in [6.45, 7) is 0.996. The molecule has 2 aromatic rings. The largest absolute Gasteiger partial charge is 0.496 e. The Morgan fingerprint density at radius 2 is 2.00 bits per heavy atom. The molecule has 3 rings (SSSR count). The zero-order valence-electron chi connectivity index (χ0n) is 12.9. The number of methoxy groups -OCH3 is 1. The molecule has 1 amide bonds. The van der Waals surface area contributed by atoms with E-state index in [2.05, 4.69) is 33.1 Å². The molecule has 0 aromatic heterocycles. The van der Waals surface area contributed by atoms with Crippen LogP contribution in [0.15, 0.2) is 41.5 Å². The molecule has 1 aliphatic rings. The highest BCUT2D eigenvalue weighted by atomic mass is 127. The van der Waals surface area contributed by atoms with E-state index in [9.17, 15) is 4.79 Å². The Hall–Kier alpha value is -2.29. The average Bonchev–Trinajstić information content (AvgIpc) is 2.61. The Morgan fingerprint density at radius 1 is 1.21 bits per heavy atom. The van der Waals surface area contributed by atoms with Crippen LogP contribution < -0.4 is 19.6 Å². The van der Waals surface area contributed by atoms with Crippen molar-refractivity contribution in [2.24, 2.45) is 5.10 Å². The molecule has 0 saturated carbocycles. The van der Waals surface area contributed by atoms with Gasteiger partial charge in [0.05, 0.1) is 16.9 Å². The SMILES string of the molecule is COc1ccc(/C=N/NC(=O)c2ccc3c(c2)OCCO3)cc1I. The number of fused-ring (bicyclic) bond motifs is 1. The van der Waals surface area contributed by atoms with E-state index in [0.717, 1.165) is 14.9 Å². The summed E-state index contributed by atoms with van der Waals surface area (Å²) < 4.78 is 17.1. The third kappa shape index (κ3) is 3.78. The van der Waals surface area contributed by atoms with Crippen LogP contribution in [0, 0.1) is 3.57 Å². The number of amides is 1. The van der Waals surface area contributed by atoms with E-state index >= 15 is 0 Å². The van der Waals surface area contributed by atoms with Crippen LogP contribution in [-0.4, -0.2) is 32.4 Å². The number of benzene rings is 2. The van der Waals surface area contributed by atoms with Crippen LogP contribution in [0.2, 0.25) is 0 Å². The summed E-state index contributed by atoms with van der Waals surface area (Å²) in [6.07, 6.45) is 1.58. The van der Waals surface area contributed by atoms with Gasteiger partial charge in [0.25, 0.3) is 5.91 Å². The Bertz CT molecular complexity index is 792. The molecule has 7 heteroatoms. The number of ether oxygens (including phenoxy) is 3. The molecule has 0 spiro atoms. The molecule has 0 bridgehead atoms. The maximum Gasteiger partial charge on any atom is 0.271 e. The highest BCUT2D eigenvalue weighted by molar-refractivity contribution is 14.1. The van der Waals surface area contributed by atoms with E-state index in [1.54, 1.807) is 31.5 Å². The third-order valence-electron chi connectivity index (χ3n) is 3.36. The number of hydrogen-bond donors (Lipinski definition) is 1. The molecule has 1 aliphatic heterocycles. The zero-order valence-corrected chi connectivity index (χ0v) is 15.1. The number of nitrogens with zero attached hydrogens (tertiary/aromatic N) is 1. The zero-order chi connectivity index (χ0) is 16.9. The van der Waals surface area contributed by atoms with Gasteiger partial charge in [-0.3, -0.25) is 4.79 Å². The maximum absolute atomic E-state index is 12.1. The lowest BCUT2D eigenvalue weighted by molar-refractivity contribution is 0.0954. The van der Waals surface area contributed by atoms with Gasteiger partial charge in [0, 0.05) is 5.56 Å². The highest BCUT2D eigenvalue weighted by Crippen LogP contribution is 2.30. The smallest absolute Gasteiger partial charge is 0.271 e. The second-order valence-corrected chi connectivity index (χ2v) is 6.11. The van der Waals surface area contributed by atoms with Gasteiger partial charge < -0.3 is 14.2 Å². The summed E-state index contributed by atoms with van der Waals surface area (Å²) in [7, 11) is 1.62. The summed E-state index contributed by atoms with van der Waals surface area (Å²) in [6, 6.07) is 10.7. The summed E-state index contributed by atoms with van der Waals surface area (Å²) in [4.78, 5) is 12.1. The lowest BCUT2D eigenvalue weighted by Gasteiger charge is -2.18. The van der Waals surface area contributed by atoms with Gasteiger partial charge in [0.15, 0.2) is 11.5 Å².